The summed E-state index contributed by atoms with van der Waals surface area (Å²) in [6.45, 7) is -1.28. The molecular formula is C65H128NO43P5. The normalized spacial score (nSPS) is 30.4. The van der Waals surface area contributed by atoms with Crippen LogP contribution in [0.4, 0.5) is 0 Å². The van der Waals surface area contributed by atoms with Gasteiger partial charge in [0.2, 0.25) is 5.91 Å². The van der Waals surface area contributed by atoms with E-state index in [1.54, 1.807) is 20.8 Å². The van der Waals surface area contributed by atoms with E-state index < -0.39 is 247 Å². The van der Waals surface area contributed by atoms with Gasteiger partial charge in [0.15, 0.2) is 39.2 Å². The molecule has 4 fully saturated rings. The summed E-state index contributed by atoms with van der Waals surface area (Å²) in [7, 11) is -23.8. The number of ether oxygens (including phenoxy) is 12. The van der Waals surface area contributed by atoms with Crippen molar-refractivity contribution in [3.05, 3.63) is 0 Å². The number of aliphatic hydroxyl groups excluding tert-OH is 10. The van der Waals surface area contributed by atoms with Crippen molar-refractivity contribution < 1.29 is 205 Å². The van der Waals surface area contributed by atoms with E-state index in [9.17, 15) is 103 Å². The Morgan fingerprint density at radius 1 is 0.412 bits per heavy atom. The average molecular weight is 1770 g/mol. The average Bonchev–Trinajstić information content (AvgIpc) is 0.852. The molecule has 0 saturated carbocycles. The Kier molecular flexibility index (Phi) is 51.9. The number of carbonyl (C=O) groups excluding carboxylic acids is 1. The first kappa shape index (κ1) is 105. The zero-order chi connectivity index (χ0) is 84.4. The van der Waals surface area contributed by atoms with Crippen molar-refractivity contribution in [1.29, 1.82) is 0 Å². The highest BCUT2D eigenvalue weighted by Gasteiger charge is 2.47. The predicted octanol–water partition coefficient (Wildman–Crippen LogP) is 1.77. The molecule has 4 aliphatic heterocycles. The van der Waals surface area contributed by atoms with E-state index in [2.05, 4.69) is 5.32 Å². The molecule has 0 radical (unpaired) electrons. The lowest BCUT2D eigenvalue weighted by molar-refractivity contribution is -0.282. The summed E-state index contributed by atoms with van der Waals surface area (Å²) in [4.78, 5) is 64.5. The molecule has 49 heteroatoms. The van der Waals surface area contributed by atoms with Gasteiger partial charge in [0.05, 0.1) is 135 Å². The van der Waals surface area contributed by atoms with Gasteiger partial charge >= 0.3 is 39.1 Å². The number of hydrogen-bond acceptors (Lipinski definition) is 38. The van der Waals surface area contributed by atoms with Crippen LogP contribution in [0.1, 0.15) is 137 Å². The van der Waals surface area contributed by atoms with Crippen molar-refractivity contribution in [3.63, 3.8) is 0 Å². The molecule has 4 aliphatic rings. The van der Waals surface area contributed by atoms with Crippen molar-refractivity contribution in [2.45, 2.75) is 236 Å². The molecule has 13 unspecified atom stereocenters. The van der Waals surface area contributed by atoms with E-state index in [1.165, 1.54) is 6.92 Å². The number of carbonyl (C=O) groups is 1. The smallest absolute Gasteiger partial charge is 0.396 e. The van der Waals surface area contributed by atoms with Gasteiger partial charge in [-0.1, -0.05) is 59.3 Å². The molecule has 25 atom stereocenters. The lowest BCUT2D eigenvalue weighted by Gasteiger charge is -2.42. The third-order valence-electron chi connectivity index (χ3n) is 18.4. The van der Waals surface area contributed by atoms with Crippen LogP contribution >= 0.6 is 39.1 Å². The third kappa shape index (κ3) is 41.5. The quantitative estimate of drug-likeness (QED) is 0.0234. The molecule has 4 saturated heterocycles. The van der Waals surface area contributed by atoms with Crippen molar-refractivity contribution in [2.24, 2.45) is 23.2 Å². The first-order chi connectivity index (χ1) is 54.1. The van der Waals surface area contributed by atoms with Gasteiger partial charge in [-0.2, -0.15) is 0 Å². The van der Waals surface area contributed by atoms with Gasteiger partial charge in [-0.15, -0.1) is 0 Å². The minimum atomic E-state index is -5.16. The highest BCUT2D eigenvalue weighted by Crippen LogP contribution is 2.49. The minimum absolute atomic E-state index is 0.0669. The van der Waals surface area contributed by atoms with Gasteiger partial charge in [0.25, 0.3) is 0 Å². The van der Waals surface area contributed by atoms with Gasteiger partial charge in [0, 0.05) is 64.1 Å². The fourth-order valence-corrected chi connectivity index (χ4v) is 15.6. The molecule has 44 nitrogen and oxygen atoms in total. The fraction of sp³-hybridized carbons (Fsp3) is 0.985. The Labute approximate surface area is 664 Å². The van der Waals surface area contributed by atoms with Crippen LogP contribution < -0.4 is 5.32 Å². The topological polar surface area (TPSA) is 621 Å². The van der Waals surface area contributed by atoms with Crippen molar-refractivity contribution in [3.8, 4) is 0 Å². The number of phosphoric ester groups is 5. The summed E-state index contributed by atoms with van der Waals surface area (Å²) < 4.78 is 184. The Bertz CT molecular complexity index is 2820. The maximum Gasteiger partial charge on any atom is 0.474 e. The Hall–Kier alpha value is -0.860. The summed E-state index contributed by atoms with van der Waals surface area (Å²) in [5.74, 6) is -2.50. The predicted molar refractivity (Wildman–Crippen MR) is 391 cm³/mol. The van der Waals surface area contributed by atoms with E-state index >= 15 is 0 Å². The van der Waals surface area contributed by atoms with Crippen molar-refractivity contribution in [2.75, 3.05) is 153 Å². The van der Waals surface area contributed by atoms with Crippen molar-refractivity contribution >= 4 is 45.0 Å². The Morgan fingerprint density at radius 2 is 0.772 bits per heavy atom. The first-order valence-electron chi connectivity index (χ1n) is 38.3. The van der Waals surface area contributed by atoms with Crippen LogP contribution in [0.15, 0.2) is 0 Å². The molecule has 16 N–H and O–H groups in total. The molecule has 676 valence electrons. The number of rotatable bonds is 67. The van der Waals surface area contributed by atoms with Crippen LogP contribution in [0.5, 0.6) is 0 Å². The standard InChI is InChI=1S/C65H128NO43P5/c1-6-50-51(31-45(2)105-50)109-114(86,87)104-43-91-37-49(32-67)36-90-42-102-113(84,85)101-41-65(40-92-44-103-112(82,83)98-28-18-11-8-14-24-94-63-47(4)57(73)59(75)53(34-69)107-63,38-88-21-19-29-99-110(78,79)96-26-16-10-7-13-23-93-62-46(3)56(72)58(74)52(33-68)106-62)39-89-22-20-30-100-111(80,81)97-27-17-12-9-15-25-95-64-55(66-48(5)71)61(77)60(76)54(35-70)108-64/h45-47,49-64,67-70,72-77H,6-44H2,1-5H3,(H,66,71)(H,78,79)(H,80,81)(H,82,83)(H,84,85)(H,86,87)/t45-,46?,47?,49?,50+,51-,52?,53?,54?,55?,56+,57+,58-,59-,60-,61+,62+,63+,64+,65?/m0/s1. The third-order valence-corrected chi connectivity index (χ3v) is 23.2. The highest BCUT2D eigenvalue weighted by atomic mass is 31.2. The van der Waals surface area contributed by atoms with Gasteiger partial charge < -0.3 is 138 Å². The fourth-order valence-electron chi connectivity index (χ4n) is 11.9. The van der Waals surface area contributed by atoms with Gasteiger partial charge in [0.1, 0.15) is 48.8 Å². The molecule has 114 heavy (non-hydrogen) atoms. The van der Waals surface area contributed by atoms with Crippen LogP contribution in [0.3, 0.4) is 0 Å². The van der Waals surface area contributed by atoms with Gasteiger partial charge in [-0.3, -0.25) is 50.0 Å². The summed E-state index contributed by atoms with van der Waals surface area (Å²) in [5, 5.41) is 103. The molecule has 4 heterocycles. The van der Waals surface area contributed by atoms with E-state index in [-0.39, 0.29) is 91.4 Å². The minimum Gasteiger partial charge on any atom is -0.396 e. The second-order valence-electron chi connectivity index (χ2n) is 28.2. The summed E-state index contributed by atoms with van der Waals surface area (Å²) in [5.41, 5.74) is -1.72. The second-order valence-corrected chi connectivity index (χ2v) is 35.4. The van der Waals surface area contributed by atoms with Gasteiger partial charge in [-0.05, 0) is 64.7 Å². The van der Waals surface area contributed by atoms with Crippen LogP contribution in [0, 0.1) is 23.2 Å². The zero-order valence-electron chi connectivity index (χ0n) is 65.4. The number of amides is 1. The molecule has 0 bridgehead atoms. The highest BCUT2D eigenvalue weighted by molar-refractivity contribution is 7.48. The molecule has 0 aromatic heterocycles. The second kappa shape index (κ2) is 56.1. The summed E-state index contributed by atoms with van der Waals surface area (Å²) >= 11 is 0. The van der Waals surface area contributed by atoms with E-state index in [0.717, 1.165) is 0 Å². The first-order valence-corrected chi connectivity index (χ1v) is 45.8. The Morgan fingerprint density at radius 3 is 1.18 bits per heavy atom. The molecule has 0 aromatic carbocycles. The van der Waals surface area contributed by atoms with E-state index in [1.807, 2.05) is 6.92 Å². The molecule has 0 aliphatic carbocycles. The summed E-state index contributed by atoms with van der Waals surface area (Å²) in [6, 6.07) is -1.12. The molecule has 4 rings (SSSR count). The lowest BCUT2D eigenvalue weighted by atomic mass is 9.92. The van der Waals surface area contributed by atoms with Crippen LogP contribution in [0.2, 0.25) is 0 Å². The largest absolute Gasteiger partial charge is 0.474 e. The van der Waals surface area contributed by atoms with E-state index in [4.69, 9.17) is 102 Å². The number of nitrogens with one attached hydrogen (secondary N) is 1. The maximum absolute atomic E-state index is 13.6. The van der Waals surface area contributed by atoms with Crippen LogP contribution in [-0.2, 0) is 130 Å². The summed E-state index contributed by atoms with van der Waals surface area (Å²) in [6.07, 6.45) is -8.89. The lowest BCUT2D eigenvalue weighted by Crippen LogP contribution is -2.64. The molecule has 0 aromatic rings. The molecule has 0 spiro atoms. The SMILES string of the molecule is CC[C@H]1O[C@@H](C)C[C@@H]1OP(=O)(O)OCOCC(CO)COCOP(=O)(O)OCC(COCCCOP(=O)(O)OCCCCCCO[C@@H]1OC(CO)[C@H](O)[C@H](O)C1C)(COCCCOP(=O)(O)OCCCCCCO[C@@H]1OC(CO)[C@H](O)[C@H](O)C1NC(C)=O)COCOP(=O)(O)OCCCCCCO[C@@H]1OC(CO)[C@H](O)[C@H](O)C1C. The number of hydrogen-bond donors (Lipinski definition) is 16. The van der Waals surface area contributed by atoms with Crippen LogP contribution in [-0.4, -0.2) is 332 Å². The Balaban J connectivity index is 1.35. The van der Waals surface area contributed by atoms with E-state index in [0.29, 0.717) is 83.5 Å². The number of aliphatic hydroxyl groups is 10. The van der Waals surface area contributed by atoms with Crippen LogP contribution in [0.25, 0.3) is 0 Å². The molecular weight excluding hydrogens is 1640 g/mol. The number of phosphoric acid groups is 5. The number of unbranched alkanes of at least 4 members (excludes halogenated alkanes) is 9. The zero-order valence-corrected chi connectivity index (χ0v) is 69.9. The maximum atomic E-state index is 13.6. The van der Waals surface area contributed by atoms with Crippen molar-refractivity contribution in [1.82, 2.24) is 5.32 Å². The molecule has 1 amide bonds. The van der Waals surface area contributed by atoms with Gasteiger partial charge in [-0.25, -0.2) is 22.8 Å². The monoisotopic (exact) mass is 1770 g/mol.